The van der Waals surface area contributed by atoms with Gasteiger partial charge in [0.2, 0.25) is 0 Å². The molecule has 350 valence electrons. The monoisotopic (exact) mass is 909 g/mol. The summed E-state index contributed by atoms with van der Waals surface area (Å²) in [5.41, 5.74) is 0.537. The van der Waals surface area contributed by atoms with Gasteiger partial charge in [0.15, 0.2) is 0 Å². The predicted octanol–water partition coefficient (Wildman–Crippen LogP) is 13.6. The molecule has 1 rings (SSSR count). The summed E-state index contributed by atoms with van der Waals surface area (Å²) in [5.74, 6) is -2.75. The molecule has 0 amide bonds. The molecule has 0 aliphatic rings. The Kier molecular flexibility index (Phi) is 53.8. The first-order chi connectivity index (χ1) is 29.2. The molecule has 0 bridgehead atoms. The first kappa shape index (κ1) is 63.0. The van der Waals surface area contributed by atoms with Crippen molar-refractivity contribution in [2.24, 2.45) is 0 Å². The number of hydrogen-bond donors (Lipinski definition) is 0. The summed E-state index contributed by atoms with van der Waals surface area (Å²) in [7, 11) is 0. The molecule has 0 atom stereocenters. The van der Waals surface area contributed by atoms with E-state index in [-0.39, 0.29) is 43.4 Å². The van der Waals surface area contributed by atoms with Gasteiger partial charge in [-0.05, 0) is 50.7 Å². The van der Waals surface area contributed by atoms with Crippen LogP contribution in [0.15, 0.2) is 24.3 Å². The number of hydrogen-bond acceptors (Lipinski definition) is 8. The third-order valence-corrected chi connectivity index (χ3v) is 10.8. The zero-order valence-corrected chi connectivity index (χ0v) is 43.1. The molecule has 0 N–H and O–H groups in total. The number of esters is 2. The largest absolute Gasteiger partial charge is 2.00 e. The minimum absolute atomic E-state index is 0. The van der Waals surface area contributed by atoms with Crippen LogP contribution in [0.3, 0.4) is 0 Å². The Balaban J connectivity index is -0.000000820. The van der Waals surface area contributed by atoms with Crippen molar-refractivity contribution < 1.29 is 58.3 Å². The van der Waals surface area contributed by atoms with Crippen LogP contribution < -0.4 is 10.2 Å². The smallest absolute Gasteiger partial charge is 0.550 e. The fraction of sp³-hybridized carbons (Fsp3) is 0.808. The fourth-order valence-electron chi connectivity index (χ4n) is 6.89. The summed E-state index contributed by atoms with van der Waals surface area (Å²) in [6.45, 7) is 9.32. The van der Waals surface area contributed by atoms with Crippen LogP contribution in [0, 0.1) is 0 Å². The Morgan fingerprint density at radius 3 is 0.787 bits per heavy atom. The number of aliphatic carboxylic acids is 2. The number of carboxylic acids is 2. The van der Waals surface area contributed by atoms with Gasteiger partial charge in [-0.2, -0.15) is 0 Å². The number of unbranched alkanes of at least 4 members (excludes halogenated alkanes) is 30. The number of benzene rings is 1. The molecule has 0 heterocycles. The van der Waals surface area contributed by atoms with Crippen molar-refractivity contribution in [1.29, 1.82) is 0 Å². The maximum absolute atomic E-state index is 11.9. The predicted molar refractivity (Wildman–Crippen MR) is 246 cm³/mol. The SMILES string of the molecule is CCCCCCCCCCCCCCCCCC(=O)[O-].CCCCCCCCCCCCCCCCCC(=O)[O-].CCCCOC(=O)c1ccccc1C(=O)OCCCC.[Zn+2]. The molecule has 0 spiro atoms. The molecular weight excluding hydrogens is 818 g/mol. The summed E-state index contributed by atoms with van der Waals surface area (Å²) >= 11 is 0. The third-order valence-electron chi connectivity index (χ3n) is 10.8. The molecule has 0 aliphatic carbocycles. The van der Waals surface area contributed by atoms with Crippen LogP contribution in [0.5, 0.6) is 0 Å². The van der Waals surface area contributed by atoms with Gasteiger partial charge in [0, 0.05) is 11.9 Å². The topological polar surface area (TPSA) is 133 Å². The molecule has 0 saturated heterocycles. The minimum atomic E-state index is -0.903. The molecule has 0 saturated carbocycles. The van der Waals surface area contributed by atoms with Gasteiger partial charge in [0.05, 0.1) is 24.3 Å². The van der Waals surface area contributed by atoms with E-state index in [4.69, 9.17) is 9.47 Å². The van der Waals surface area contributed by atoms with Crippen molar-refractivity contribution in [2.45, 2.75) is 259 Å². The minimum Gasteiger partial charge on any atom is -0.550 e. The van der Waals surface area contributed by atoms with Gasteiger partial charge >= 0.3 is 31.4 Å². The molecule has 0 aliphatic heterocycles. The zero-order chi connectivity index (χ0) is 44.6. The van der Waals surface area contributed by atoms with Crippen molar-refractivity contribution in [3.8, 4) is 0 Å². The average Bonchev–Trinajstić information content (AvgIpc) is 3.24. The van der Waals surface area contributed by atoms with Crippen LogP contribution in [0.1, 0.15) is 280 Å². The van der Waals surface area contributed by atoms with Gasteiger partial charge in [-0.15, -0.1) is 0 Å². The van der Waals surface area contributed by atoms with Gasteiger partial charge < -0.3 is 29.3 Å². The molecule has 0 unspecified atom stereocenters. The molecule has 0 aromatic heterocycles. The Labute approximate surface area is 388 Å². The molecule has 1 aromatic rings. The molecule has 0 fully saturated rings. The molecule has 1 aromatic carbocycles. The van der Waals surface area contributed by atoms with Crippen LogP contribution in [0.2, 0.25) is 0 Å². The second-order valence-corrected chi connectivity index (χ2v) is 16.7. The van der Waals surface area contributed by atoms with Crippen LogP contribution in [0.4, 0.5) is 0 Å². The number of rotatable bonds is 40. The van der Waals surface area contributed by atoms with E-state index >= 15 is 0 Å². The van der Waals surface area contributed by atoms with E-state index in [1.165, 1.54) is 167 Å². The Morgan fingerprint density at radius 2 is 0.574 bits per heavy atom. The Morgan fingerprint density at radius 1 is 0.361 bits per heavy atom. The Hall–Kier alpha value is -2.28. The van der Waals surface area contributed by atoms with E-state index in [1.807, 2.05) is 13.8 Å². The van der Waals surface area contributed by atoms with E-state index < -0.39 is 23.9 Å². The third kappa shape index (κ3) is 48.6. The Bertz CT molecular complexity index is 1030. The van der Waals surface area contributed by atoms with E-state index in [1.54, 1.807) is 24.3 Å². The van der Waals surface area contributed by atoms with Crippen molar-refractivity contribution in [2.75, 3.05) is 13.2 Å². The van der Waals surface area contributed by atoms with Gasteiger partial charge in [-0.25, -0.2) is 9.59 Å². The first-order valence-corrected chi connectivity index (χ1v) is 25.1. The number of carbonyl (C=O) groups excluding carboxylic acids is 4. The fourth-order valence-corrected chi connectivity index (χ4v) is 6.89. The van der Waals surface area contributed by atoms with E-state index in [0.29, 0.717) is 13.2 Å². The van der Waals surface area contributed by atoms with Crippen LogP contribution in [-0.4, -0.2) is 37.1 Å². The molecule has 8 nitrogen and oxygen atoms in total. The summed E-state index contributed by atoms with van der Waals surface area (Å²) in [5, 5.41) is 20.4. The number of carbonyl (C=O) groups is 4. The molecule has 9 heteroatoms. The van der Waals surface area contributed by atoms with Crippen molar-refractivity contribution in [3.05, 3.63) is 35.4 Å². The van der Waals surface area contributed by atoms with E-state index in [9.17, 15) is 29.4 Å². The summed E-state index contributed by atoms with van der Waals surface area (Å²) in [6, 6.07) is 6.59. The van der Waals surface area contributed by atoms with Crippen LogP contribution in [0.25, 0.3) is 0 Å². The maximum atomic E-state index is 11.9. The molecule has 0 radical (unpaired) electrons. The average molecular weight is 911 g/mol. The van der Waals surface area contributed by atoms with Crippen molar-refractivity contribution in [1.82, 2.24) is 0 Å². The zero-order valence-electron chi connectivity index (χ0n) is 40.2. The maximum Gasteiger partial charge on any atom is 2.00 e. The van der Waals surface area contributed by atoms with Gasteiger partial charge in [0.1, 0.15) is 0 Å². The van der Waals surface area contributed by atoms with E-state index in [2.05, 4.69) is 13.8 Å². The van der Waals surface area contributed by atoms with Crippen molar-refractivity contribution >= 4 is 23.9 Å². The van der Waals surface area contributed by atoms with Crippen LogP contribution in [-0.2, 0) is 38.5 Å². The van der Waals surface area contributed by atoms with Crippen molar-refractivity contribution in [3.63, 3.8) is 0 Å². The molecule has 61 heavy (non-hydrogen) atoms. The van der Waals surface area contributed by atoms with Crippen LogP contribution >= 0.6 is 0 Å². The summed E-state index contributed by atoms with van der Waals surface area (Å²) in [4.78, 5) is 44.3. The summed E-state index contributed by atoms with van der Waals surface area (Å²) < 4.78 is 10.3. The molecular formula is C52H92O8Zn. The standard InChI is InChI=1S/2C18H36O2.C16H22O4.Zn/c2*1-2-3-4-5-6-7-8-9-10-11-12-13-14-15-16-17-18(19)20;1-3-5-11-19-15(17)13-9-7-8-10-14(13)16(18)20-12-6-4-2;/h2*2-17H2,1H3,(H,19,20);7-10H,3-6,11-12H2,1-2H3;/q;;;+2/p-2. The normalized spacial score (nSPS) is 10.4. The second-order valence-electron chi connectivity index (χ2n) is 16.7. The van der Waals surface area contributed by atoms with Gasteiger partial charge in [-0.1, -0.05) is 232 Å². The first-order valence-electron chi connectivity index (χ1n) is 25.1. The van der Waals surface area contributed by atoms with Gasteiger partial charge in [0.25, 0.3) is 0 Å². The second kappa shape index (κ2) is 52.1. The quantitative estimate of drug-likeness (QED) is 0.0361. The van der Waals surface area contributed by atoms with Gasteiger partial charge in [-0.3, -0.25) is 0 Å². The van der Waals surface area contributed by atoms with E-state index in [0.717, 1.165) is 51.4 Å². The number of ether oxygens (including phenoxy) is 2. The summed E-state index contributed by atoms with van der Waals surface area (Å²) in [6.07, 6.45) is 43.3. The number of carboxylic acid groups (broad SMARTS) is 2.